The van der Waals surface area contributed by atoms with Crippen molar-refractivity contribution in [3.8, 4) is 0 Å². The third-order valence-corrected chi connectivity index (χ3v) is 3.39. The first-order valence-corrected chi connectivity index (χ1v) is 6.20. The van der Waals surface area contributed by atoms with Gasteiger partial charge in [-0.3, -0.25) is 9.48 Å². The molecule has 0 unspecified atom stereocenters. The molecule has 100 valence electrons. The first kappa shape index (κ1) is 12.9. The molecule has 2 rings (SSSR count). The van der Waals surface area contributed by atoms with Crippen LogP contribution in [0, 0.1) is 5.92 Å². The maximum Gasteiger partial charge on any atom is 0.274 e. The van der Waals surface area contributed by atoms with Crippen molar-refractivity contribution in [1.82, 2.24) is 14.7 Å². The molecule has 2 heterocycles. The molecule has 1 aromatic heterocycles. The normalized spacial score (nSPS) is 16.8. The van der Waals surface area contributed by atoms with E-state index in [9.17, 15) is 4.79 Å². The number of carbonyl (C=O) groups is 1. The molecule has 1 aliphatic heterocycles. The largest absolute Gasteiger partial charge is 0.396 e. The van der Waals surface area contributed by atoms with E-state index in [0.29, 0.717) is 17.3 Å². The van der Waals surface area contributed by atoms with E-state index in [1.807, 2.05) is 7.05 Å². The number of carbonyl (C=O) groups excluding carboxylic acids is 1. The maximum absolute atomic E-state index is 12.3. The second-order valence-electron chi connectivity index (χ2n) is 4.81. The van der Waals surface area contributed by atoms with Gasteiger partial charge in [-0.2, -0.15) is 5.10 Å². The Morgan fingerprint density at radius 1 is 1.61 bits per heavy atom. The van der Waals surface area contributed by atoms with E-state index in [-0.39, 0.29) is 5.91 Å². The molecular weight excluding hydrogens is 232 g/mol. The third kappa shape index (κ3) is 2.64. The van der Waals surface area contributed by atoms with Gasteiger partial charge in [-0.15, -0.1) is 0 Å². The van der Waals surface area contributed by atoms with E-state index in [0.717, 1.165) is 32.6 Å². The summed E-state index contributed by atoms with van der Waals surface area (Å²) in [7, 11) is 3.54. The van der Waals surface area contributed by atoms with Gasteiger partial charge in [0, 0.05) is 33.9 Å². The fraction of sp³-hybridized carbons (Fsp3) is 0.667. The molecule has 6 heteroatoms. The zero-order valence-corrected chi connectivity index (χ0v) is 10.9. The summed E-state index contributed by atoms with van der Waals surface area (Å²) in [4.78, 5) is 14.0. The fourth-order valence-corrected chi connectivity index (χ4v) is 2.30. The fourth-order valence-electron chi connectivity index (χ4n) is 2.30. The summed E-state index contributed by atoms with van der Waals surface area (Å²) >= 11 is 0. The predicted octanol–water partition coefficient (Wildman–Crippen LogP) is 0.501. The lowest BCUT2D eigenvalue weighted by molar-refractivity contribution is 0.0493. The van der Waals surface area contributed by atoms with Gasteiger partial charge in [0.05, 0.1) is 11.9 Å². The lowest BCUT2D eigenvalue weighted by Gasteiger charge is -2.27. The Balaban J connectivity index is 2.00. The minimum Gasteiger partial charge on any atom is -0.396 e. The molecule has 0 aromatic carbocycles. The highest BCUT2D eigenvalue weighted by atomic mass is 16.5. The van der Waals surface area contributed by atoms with Gasteiger partial charge in [0.25, 0.3) is 5.91 Å². The first-order chi connectivity index (χ1) is 8.59. The number of nitrogens with zero attached hydrogens (tertiary/aromatic N) is 3. The van der Waals surface area contributed by atoms with Crippen molar-refractivity contribution < 1.29 is 9.53 Å². The Morgan fingerprint density at radius 3 is 2.83 bits per heavy atom. The maximum atomic E-state index is 12.3. The molecular formula is C12H20N4O2. The Bertz CT molecular complexity index is 404. The van der Waals surface area contributed by atoms with Crippen LogP contribution < -0.4 is 5.73 Å². The van der Waals surface area contributed by atoms with Gasteiger partial charge >= 0.3 is 0 Å². The number of aryl methyl sites for hydroxylation is 1. The Hall–Kier alpha value is -1.56. The molecule has 0 radical (unpaired) electrons. The van der Waals surface area contributed by atoms with Crippen LogP contribution in [0.2, 0.25) is 0 Å². The standard InChI is InChI=1S/C12H20N4O2/c1-15(8-9-3-5-18-6-4-9)12(17)11-10(13)7-14-16(11)2/h7,9H,3-6,8,13H2,1-2H3. The number of hydrogen-bond acceptors (Lipinski definition) is 4. The molecule has 1 saturated heterocycles. The van der Waals surface area contributed by atoms with Crippen LogP contribution >= 0.6 is 0 Å². The molecule has 0 spiro atoms. The number of nitrogen functional groups attached to an aromatic ring is 1. The zero-order valence-electron chi connectivity index (χ0n) is 10.9. The predicted molar refractivity (Wildman–Crippen MR) is 68.1 cm³/mol. The van der Waals surface area contributed by atoms with Gasteiger partial charge in [-0.1, -0.05) is 0 Å². The SMILES string of the molecule is CN(CC1CCOCC1)C(=O)c1c(N)cnn1C. The molecule has 0 atom stereocenters. The first-order valence-electron chi connectivity index (χ1n) is 6.20. The second-order valence-corrected chi connectivity index (χ2v) is 4.81. The van der Waals surface area contributed by atoms with Crippen LogP contribution in [0.3, 0.4) is 0 Å². The smallest absolute Gasteiger partial charge is 0.274 e. The van der Waals surface area contributed by atoms with E-state index < -0.39 is 0 Å². The average molecular weight is 252 g/mol. The van der Waals surface area contributed by atoms with Crippen molar-refractivity contribution in [3.05, 3.63) is 11.9 Å². The molecule has 6 nitrogen and oxygen atoms in total. The van der Waals surface area contributed by atoms with E-state index in [1.165, 1.54) is 10.9 Å². The number of amides is 1. The number of aromatic nitrogens is 2. The monoisotopic (exact) mass is 252 g/mol. The Labute approximate surface area is 107 Å². The van der Waals surface area contributed by atoms with Crippen LogP contribution in [0.4, 0.5) is 5.69 Å². The highest BCUT2D eigenvalue weighted by molar-refractivity contribution is 5.97. The molecule has 0 saturated carbocycles. The lowest BCUT2D eigenvalue weighted by Crippen LogP contribution is -2.35. The summed E-state index contributed by atoms with van der Waals surface area (Å²) < 4.78 is 6.84. The summed E-state index contributed by atoms with van der Waals surface area (Å²) in [5, 5.41) is 3.99. The number of anilines is 1. The van der Waals surface area contributed by atoms with Gasteiger partial charge in [-0.05, 0) is 18.8 Å². The van der Waals surface area contributed by atoms with Gasteiger partial charge in [0.15, 0.2) is 0 Å². The summed E-state index contributed by atoms with van der Waals surface area (Å²) in [5.41, 5.74) is 6.66. The summed E-state index contributed by atoms with van der Waals surface area (Å²) in [5.74, 6) is 0.446. The van der Waals surface area contributed by atoms with Gasteiger partial charge < -0.3 is 15.4 Å². The second kappa shape index (κ2) is 5.39. The number of ether oxygens (including phenoxy) is 1. The molecule has 1 aliphatic rings. The Morgan fingerprint density at radius 2 is 2.28 bits per heavy atom. The van der Waals surface area contributed by atoms with E-state index in [1.54, 1.807) is 11.9 Å². The van der Waals surface area contributed by atoms with Crippen molar-refractivity contribution in [1.29, 1.82) is 0 Å². The van der Waals surface area contributed by atoms with E-state index in [2.05, 4.69) is 5.10 Å². The van der Waals surface area contributed by atoms with Crippen LogP contribution in [0.25, 0.3) is 0 Å². The van der Waals surface area contributed by atoms with Crippen LogP contribution in [-0.2, 0) is 11.8 Å². The third-order valence-electron chi connectivity index (χ3n) is 3.39. The molecule has 1 fully saturated rings. The van der Waals surface area contributed by atoms with Gasteiger partial charge in [-0.25, -0.2) is 0 Å². The van der Waals surface area contributed by atoms with Crippen LogP contribution in [0.1, 0.15) is 23.3 Å². The highest BCUT2D eigenvalue weighted by Gasteiger charge is 2.22. The van der Waals surface area contributed by atoms with Crippen LogP contribution in [-0.4, -0.2) is 47.4 Å². The number of nitrogens with two attached hydrogens (primary N) is 1. The van der Waals surface area contributed by atoms with Gasteiger partial charge in [0.2, 0.25) is 0 Å². The highest BCUT2D eigenvalue weighted by Crippen LogP contribution is 2.18. The molecule has 18 heavy (non-hydrogen) atoms. The van der Waals surface area contributed by atoms with Crippen molar-refractivity contribution in [2.45, 2.75) is 12.8 Å². The molecule has 0 aliphatic carbocycles. The molecule has 1 amide bonds. The average Bonchev–Trinajstić information content (AvgIpc) is 2.69. The van der Waals surface area contributed by atoms with Crippen molar-refractivity contribution in [2.24, 2.45) is 13.0 Å². The number of rotatable bonds is 3. The van der Waals surface area contributed by atoms with Crippen molar-refractivity contribution >= 4 is 11.6 Å². The topological polar surface area (TPSA) is 73.4 Å². The number of hydrogen-bond donors (Lipinski definition) is 1. The minimum atomic E-state index is -0.0704. The van der Waals surface area contributed by atoms with Crippen LogP contribution in [0.15, 0.2) is 6.20 Å². The molecule has 2 N–H and O–H groups in total. The van der Waals surface area contributed by atoms with Gasteiger partial charge in [0.1, 0.15) is 5.69 Å². The quantitative estimate of drug-likeness (QED) is 0.850. The van der Waals surface area contributed by atoms with E-state index in [4.69, 9.17) is 10.5 Å². The zero-order chi connectivity index (χ0) is 13.1. The van der Waals surface area contributed by atoms with Crippen molar-refractivity contribution in [3.63, 3.8) is 0 Å². The van der Waals surface area contributed by atoms with E-state index >= 15 is 0 Å². The molecule has 1 aromatic rings. The summed E-state index contributed by atoms with van der Waals surface area (Å²) in [6.45, 7) is 2.33. The minimum absolute atomic E-state index is 0.0704. The summed E-state index contributed by atoms with van der Waals surface area (Å²) in [6.07, 6.45) is 3.53. The van der Waals surface area contributed by atoms with Crippen LogP contribution in [0.5, 0.6) is 0 Å². The summed E-state index contributed by atoms with van der Waals surface area (Å²) in [6, 6.07) is 0. The Kier molecular flexibility index (Phi) is 3.86. The van der Waals surface area contributed by atoms with Crippen molar-refractivity contribution in [2.75, 3.05) is 32.5 Å². The molecule has 0 bridgehead atoms. The lowest BCUT2D eigenvalue weighted by atomic mass is 10.00.